The first-order valence-electron chi connectivity index (χ1n) is 5.04. The van der Waals surface area contributed by atoms with Gasteiger partial charge in [-0.2, -0.15) is 0 Å². The molecule has 1 nitrogen and oxygen atoms in total. The number of terminal acetylenes is 1. The lowest BCUT2D eigenvalue weighted by atomic mass is 10.0. The predicted octanol–water partition coefficient (Wildman–Crippen LogP) is 3.34. The van der Waals surface area contributed by atoms with Crippen LogP contribution in [0.1, 0.15) is 5.56 Å². The molecule has 0 saturated carbocycles. The van der Waals surface area contributed by atoms with Crippen LogP contribution in [0.2, 0.25) is 0 Å². The second kappa shape index (κ2) is 4.55. The Labute approximate surface area is 95.7 Å². The summed E-state index contributed by atoms with van der Waals surface area (Å²) in [4.78, 5) is 0. The van der Waals surface area contributed by atoms with Gasteiger partial charge in [-0.25, -0.2) is 0 Å². The maximum Gasteiger partial charge on any atom is 0.119 e. The van der Waals surface area contributed by atoms with Gasteiger partial charge in [-0.1, -0.05) is 30.2 Å². The largest absolute Gasteiger partial charge is 0.497 e. The molecule has 0 aliphatic rings. The highest BCUT2D eigenvalue weighted by Crippen LogP contribution is 2.23. The summed E-state index contributed by atoms with van der Waals surface area (Å²) in [6.07, 6.45) is 5.31. The number of ether oxygens (including phenoxy) is 1. The zero-order valence-electron chi connectivity index (χ0n) is 9.10. The smallest absolute Gasteiger partial charge is 0.119 e. The Morgan fingerprint density at radius 3 is 2.38 bits per heavy atom. The van der Waals surface area contributed by atoms with E-state index in [0.717, 1.165) is 22.4 Å². The summed E-state index contributed by atoms with van der Waals surface area (Å²) in [5, 5.41) is 0. The molecule has 0 bridgehead atoms. The average Bonchev–Trinajstić information content (AvgIpc) is 2.39. The van der Waals surface area contributed by atoms with Crippen molar-refractivity contribution in [1.82, 2.24) is 0 Å². The minimum absolute atomic E-state index is 0.860. The van der Waals surface area contributed by atoms with Gasteiger partial charge in [-0.3, -0.25) is 0 Å². The first-order chi connectivity index (χ1) is 7.83. The third-order valence-corrected chi connectivity index (χ3v) is 2.45. The molecule has 0 N–H and O–H groups in total. The summed E-state index contributed by atoms with van der Waals surface area (Å²) in [5.74, 6) is 3.46. The number of benzene rings is 2. The van der Waals surface area contributed by atoms with Crippen LogP contribution in [-0.2, 0) is 0 Å². The van der Waals surface area contributed by atoms with Crippen LogP contribution in [0.3, 0.4) is 0 Å². The van der Waals surface area contributed by atoms with Crippen molar-refractivity contribution in [3.8, 4) is 29.2 Å². The molecular weight excluding hydrogens is 196 g/mol. The van der Waals surface area contributed by atoms with Crippen LogP contribution < -0.4 is 4.74 Å². The first kappa shape index (κ1) is 10.3. The Bertz CT molecular complexity index is 518. The molecule has 78 valence electrons. The van der Waals surface area contributed by atoms with Gasteiger partial charge in [0.2, 0.25) is 0 Å². The van der Waals surface area contributed by atoms with E-state index in [4.69, 9.17) is 11.2 Å². The van der Waals surface area contributed by atoms with Gasteiger partial charge in [0.1, 0.15) is 5.75 Å². The second-order valence-electron chi connectivity index (χ2n) is 3.45. The monoisotopic (exact) mass is 208 g/mol. The predicted molar refractivity (Wildman–Crippen MR) is 66.4 cm³/mol. The van der Waals surface area contributed by atoms with E-state index >= 15 is 0 Å². The molecule has 0 spiro atoms. The molecule has 2 aromatic carbocycles. The van der Waals surface area contributed by atoms with Crippen molar-refractivity contribution in [2.24, 2.45) is 0 Å². The molecule has 0 aliphatic carbocycles. The lowest BCUT2D eigenvalue weighted by molar-refractivity contribution is 0.415. The van der Waals surface area contributed by atoms with E-state index in [0.29, 0.717) is 0 Å². The number of hydrogen-bond acceptors (Lipinski definition) is 1. The Morgan fingerprint density at radius 2 is 1.75 bits per heavy atom. The minimum atomic E-state index is 0.860. The average molecular weight is 208 g/mol. The highest BCUT2D eigenvalue weighted by Gasteiger charge is 1.98. The molecule has 0 unspecified atom stereocenters. The molecular formula is C15H12O. The van der Waals surface area contributed by atoms with Gasteiger partial charge in [0.05, 0.1) is 7.11 Å². The van der Waals surface area contributed by atoms with Crippen LogP contribution in [0, 0.1) is 12.3 Å². The minimum Gasteiger partial charge on any atom is -0.497 e. The molecule has 16 heavy (non-hydrogen) atoms. The molecule has 0 fully saturated rings. The normalized spacial score (nSPS) is 9.50. The van der Waals surface area contributed by atoms with Gasteiger partial charge < -0.3 is 4.74 Å². The molecule has 0 aromatic heterocycles. The van der Waals surface area contributed by atoms with Gasteiger partial charge in [0.15, 0.2) is 0 Å². The Morgan fingerprint density at radius 1 is 1.00 bits per heavy atom. The fraction of sp³-hybridized carbons (Fsp3) is 0.0667. The quantitative estimate of drug-likeness (QED) is 0.688. The summed E-state index contributed by atoms with van der Waals surface area (Å²) in [5.41, 5.74) is 3.16. The molecule has 0 saturated heterocycles. The molecule has 0 aliphatic heterocycles. The Hall–Kier alpha value is -2.20. The van der Waals surface area contributed by atoms with Crippen LogP contribution in [0.15, 0.2) is 48.5 Å². The van der Waals surface area contributed by atoms with E-state index in [1.807, 2.05) is 48.5 Å². The maximum absolute atomic E-state index is 5.31. The zero-order valence-corrected chi connectivity index (χ0v) is 9.10. The maximum atomic E-state index is 5.31. The van der Waals surface area contributed by atoms with E-state index < -0.39 is 0 Å². The summed E-state index contributed by atoms with van der Waals surface area (Å²) in [7, 11) is 1.67. The highest BCUT2D eigenvalue weighted by atomic mass is 16.5. The van der Waals surface area contributed by atoms with Gasteiger partial charge in [-0.15, -0.1) is 6.42 Å². The molecule has 0 atom stereocenters. The van der Waals surface area contributed by atoms with Crippen molar-refractivity contribution in [2.75, 3.05) is 7.11 Å². The highest BCUT2D eigenvalue weighted by molar-refractivity contribution is 5.65. The lowest BCUT2D eigenvalue weighted by Gasteiger charge is -2.04. The van der Waals surface area contributed by atoms with Crippen LogP contribution in [0.4, 0.5) is 0 Å². The van der Waals surface area contributed by atoms with Crippen LogP contribution in [0.5, 0.6) is 5.75 Å². The van der Waals surface area contributed by atoms with E-state index in [-0.39, 0.29) is 0 Å². The standard InChI is InChI=1S/C15H12O/c1-3-12-7-9-13(10-8-12)14-5-4-6-15(11-14)16-2/h1,4-11H,2H3. The van der Waals surface area contributed by atoms with E-state index in [2.05, 4.69) is 5.92 Å². The van der Waals surface area contributed by atoms with Crippen molar-refractivity contribution < 1.29 is 4.74 Å². The topological polar surface area (TPSA) is 9.23 Å². The first-order valence-corrected chi connectivity index (χ1v) is 5.04. The van der Waals surface area contributed by atoms with Gasteiger partial charge in [0, 0.05) is 5.56 Å². The Kier molecular flexibility index (Phi) is 2.93. The second-order valence-corrected chi connectivity index (χ2v) is 3.45. The lowest BCUT2D eigenvalue weighted by Crippen LogP contribution is -1.84. The van der Waals surface area contributed by atoms with E-state index in [1.54, 1.807) is 7.11 Å². The summed E-state index contributed by atoms with van der Waals surface area (Å²) in [6, 6.07) is 15.9. The third kappa shape index (κ3) is 2.07. The summed E-state index contributed by atoms with van der Waals surface area (Å²) >= 11 is 0. The van der Waals surface area contributed by atoms with Crippen molar-refractivity contribution >= 4 is 0 Å². The van der Waals surface area contributed by atoms with Gasteiger partial charge >= 0.3 is 0 Å². The van der Waals surface area contributed by atoms with Crippen molar-refractivity contribution in [2.45, 2.75) is 0 Å². The summed E-state index contributed by atoms with van der Waals surface area (Å²) in [6.45, 7) is 0. The molecule has 0 radical (unpaired) electrons. The van der Waals surface area contributed by atoms with E-state index in [9.17, 15) is 0 Å². The zero-order chi connectivity index (χ0) is 11.4. The van der Waals surface area contributed by atoms with Crippen molar-refractivity contribution in [3.05, 3.63) is 54.1 Å². The SMILES string of the molecule is C#Cc1ccc(-c2cccc(OC)c2)cc1. The Balaban J connectivity index is 2.39. The van der Waals surface area contributed by atoms with E-state index in [1.165, 1.54) is 0 Å². The third-order valence-electron chi connectivity index (χ3n) is 2.45. The van der Waals surface area contributed by atoms with Gasteiger partial charge in [-0.05, 0) is 35.4 Å². The van der Waals surface area contributed by atoms with Crippen molar-refractivity contribution in [1.29, 1.82) is 0 Å². The fourth-order valence-corrected chi connectivity index (χ4v) is 1.56. The van der Waals surface area contributed by atoms with Crippen molar-refractivity contribution in [3.63, 3.8) is 0 Å². The molecule has 0 amide bonds. The molecule has 0 heterocycles. The number of methoxy groups -OCH3 is 1. The molecule has 1 heteroatoms. The van der Waals surface area contributed by atoms with Gasteiger partial charge in [0.25, 0.3) is 0 Å². The summed E-state index contributed by atoms with van der Waals surface area (Å²) < 4.78 is 5.19. The number of hydrogen-bond donors (Lipinski definition) is 0. The number of rotatable bonds is 2. The molecule has 2 aromatic rings. The molecule has 2 rings (SSSR count). The van der Waals surface area contributed by atoms with Crippen LogP contribution in [0.25, 0.3) is 11.1 Å². The fourth-order valence-electron chi connectivity index (χ4n) is 1.56. The van der Waals surface area contributed by atoms with Crippen LogP contribution >= 0.6 is 0 Å². The van der Waals surface area contributed by atoms with Crippen LogP contribution in [-0.4, -0.2) is 7.11 Å².